The van der Waals surface area contributed by atoms with E-state index in [0.717, 1.165) is 5.56 Å². The van der Waals surface area contributed by atoms with Gasteiger partial charge >= 0.3 is 6.03 Å². The second kappa shape index (κ2) is 6.52. The number of rotatable bonds is 3. The molecular weight excluding hydrogens is 342 g/mol. The number of carbonyl (C=O) groups is 1. The molecule has 0 atom stereocenters. The summed E-state index contributed by atoms with van der Waals surface area (Å²) in [4.78, 5) is 22.3. The van der Waals surface area contributed by atoms with E-state index < -0.39 is 0 Å². The standard InChI is InChI=1S/C17H14ClN5O2/c18-13-1-3-14(4-2-13)20-17(24)23-9-12(10-23)16-21-15(22-25-16)11-5-7-19-8-6-11/h1-8,12H,9-10H2,(H,20,24). The van der Waals surface area contributed by atoms with Gasteiger partial charge in [0, 0.05) is 41.8 Å². The molecule has 25 heavy (non-hydrogen) atoms. The molecular formula is C17H14ClN5O2. The van der Waals surface area contributed by atoms with E-state index in [1.54, 1.807) is 41.6 Å². The van der Waals surface area contributed by atoms with Crippen LogP contribution >= 0.6 is 11.6 Å². The Labute approximate surface area is 148 Å². The number of halogens is 1. The summed E-state index contributed by atoms with van der Waals surface area (Å²) >= 11 is 5.83. The van der Waals surface area contributed by atoms with E-state index in [0.29, 0.717) is 35.5 Å². The molecule has 3 heterocycles. The van der Waals surface area contributed by atoms with E-state index in [9.17, 15) is 4.79 Å². The molecule has 1 aliphatic heterocycles. The van der Waals surface area contributed by atoms with Gasteiger partial charge in [0.1, 0.15) is 0 Å². The summed E-state index contributed by atoms with van der Waals surface area (Å²) in [6, 6.07) is 10.5. The number of hydrogen-bond donors (Lipinski definition) is 1. The van der Waals surface area contributed by atoms with Gasteiger partial charge in [0.2, 0.25) is 11.7 Å². The Bertz CT molecular complexity index is 876. The van der Waals surface area contributed by atoms with Crippen LogP contribution in [0.5, 0.6) is 0 Å². The molecule has 1 N–H and O–H groups in total. The van der Waals surface area contributed by atoms with Crippen LogP contribution in [-0.2, 0) is 0 Å². The zero-order chi connectivity index (χ0) is 17.2. The highest BCUT2D eigenvalue weighted by molar-refractivity contribution is 6.30. The number of benzene rings is 1. The number of nitrogens with zero attached hydrogens (tertiary/aromatic N) is 4. The lowest BCUT2D eigenvalue weighted by Crippen LogP contribution is -2.50. The number of hydrogen-bond acceptors (Lipinski definition) is 5. The highest BCUT2D eigenvalue weighted by Crippen LogP contribution is 2.28. The SMILES string of the molecule is O=C(Nc1ccc(Cl)cc1)N1CC(c2nc(-c3ccncc3)no2)C1. The highest BCUT2D eigenvalue weighted by atomic mass is 35.5. The van der Waals surface area contributed by atoms with Crippen molar-refractivity contribution in [1.82, 2.24) is 20.0 Å². The molecule has 1 fully saturated rings. The first-order valence-corrected chi connectivity index (χ1v) is 8.12. The Balaban J connectivity index is 1.35. The van der Waals surface area contributed by atoms with E-state index in [1.165, 1.54) is 0 Å². The molecule has 1 aliphatic rings. The monoisotopic (exact) mass is 355 g/mol. The van der Waals surface area contributed by atoms with Gasteiger partial charge in [-0.15, -0.1) is 0 Å². The number of nitrogens with one attached hydrogen (secondary N) is 1. The van der Waals surface area contributed by atoms with Crippen LogP contribution in [0.1, 0.15) is 11.8 Å². The van der Waals surface area contributed by atoms with Crippen LogP contribution in [0.15, 0.2) is 53.3 Å². The fraction of sp³-hybridized carbons (Fsp3) is 0.176. The fourth-order valence-corrected chi connectivity index (χ4v) is 2.68. The van der Waals surface area contributed by atoms with Gasteiger partial charge in [0.15, 0.2) is 0 Å². The summed E-state index contributed by atoms with van der Waals surface area (Å²) in [7, 11) is 0. The smallest absolute Gasteiger partial charge is 0.321 e. The number of likely N-dealkylation sites (tertiary alicyclic amines) is 1. The third-order valence-corrected chi connectivity index (χ3v) is 4.25. The van der Waals surface area contributed by atoms with E-state index in [4.69, 9.17) is 16.1 Å². The normalized spacial score (nSPS) is 14.2. The van der Waals surface area contributed by atoms with Crippen molar-refractivity contribution >= 4 is 23.3 Å². The highest BCUT2D eigenvalue weighted by Gasteiger charge is 2.35. The average molecular weight is 356 g/mol. The first-order chi connectivity index (χ1) is 12.2. The van der Waals surface area contributed by atoms with Crippen molar-refractivity contribution in [3.63, 3.8) is 0 Å². The summed E-state index contributed by atoms with van der Waals surface area (Å²) in [5, 5.41) is 7.45. The molecule has 0 unspecified atom stereocenters. The molecule has 3 aromatic rings. The molecule has 0 saturated carbocycles. The minimum Gasteiger partial charge on any atom is -0.339 e. The number of anilines is 1. The third kappa shape index (κ3) is 3.32. The number of pyridine rings is 1. The molecule has 1 saturated heterocycles. The Morgan fingerprint density at radius 1 is 1.16 bits per heavy atom. The first kappa shape index (κ1) is 15.6. The summed E-state index contributed by atoms with van der Waals surface area (Å²) in [5.41, 5.74) is 1.55. The summed E-state index contributed by atoms with van der Waals surface area (Å²) in [6.45, 7) is 1.08. The van der Waals surface area contributed by atoms with Crippen LogP contribution < -0.4 is 5.32 Å². The molecule has 1 aromatic carbocycles. The second-order valence-electron chi connectivity index (χ2n) is 5.73. The van der Waals surface area contributed by atoms with Crippen molar-refractivity contribution in [1.29, 1.82) is 0 Å². The molecule has 2 aromatic heterocycles. The quantitative estimate of drug-likeness (QED) is 0.778. The van der Waals surface area contributed by atoms with Gasteiger partial charge in [-0.2, -0.15) is 4.98 Å². The van der Waals surface area contributed by atoms with Crippen LogP contribution in [0.25, 0.3) is 11.4 Å². The summed E-state index contributed by atoms with van der Waals surface area (Å²) in [6.07, 6.45) is 3.36. The van der Waals surface area contributed by atoms with Gasteiger partial charge in [-0.3, -0.25) is 4.98 Å². The van der Waals surface area contributed by atoms with Gasteiger partial charge < -0.3 is 14.7 Å². The summed E-state index contributed by atoms with van der Waals surface area (Å²) in [5.74, 6) is 1.13. The maximum atomic E-state index is 12.2. The molecule has 0 aliphatic carbocycles. The maximum Gasteiger partial charge on any atom is 0.321 e. The number of carbonyl (C=O) groups excluding carboxylic acids is 1. The van der Waals surface area contributed by atoms with Crippen molar-refractivity contribution < 1.29 is 9.32 Å². The predicted octanol–water partition coefficient (Wildman–Crippen LogP) is 3.42. The van der Waals surface area contributed by atoms with E-state index in [-0.39, 0.29) is 11.9 Å². The van der Waals surface area contributed by atoms with E-state index in [1.807, 2.05) is 12.1 Å². The lowest BCUT2D eigenvalue weighted by Gasteiger charge is -2.36. The van der Waals surface area contributed by atoms with Crippen molar-refractivity contribution in [2.45, 2.75) is 5.92 Å². The molecule has 0 bridgehead atoms. The average Bonchev–Trinajstić information content (AvgIpc) is 3.06. The summed E-state index contributed by atoms with van der Waals surface area (Å²) < 4.78 is 5.33. The van der Waals surface area contributed by atoms with Gasteiger partial charge in [0.25, 0.3) is 0 Å². The van der Waals surface area contributed by atoms with Crippen molar-refractivity contribution in [2.75, 3.05) is 18.4 Å². The number of aromatic nitrogens is 3. The van der Waals surface area contributed by atoms with Crippen LogP contribution in [0.2, 0.25) is 5.02 Å². The molecule has 126 valence electrons. The molecule has 2 amide bonds. The van der Waals surface area contributed by atoms with Crippen molar-refractivity contribution in [2.24, 2.45) is 0 Å². The number of amides is 2. The van der Waals surface area contributed by atoms with Crippen LogP contribution in [0, 0.1) is 0 Å². The first-order valence-electron chi connectivity index (χ1n) is 7.74. The van der Waals surface area contributed by atoms with Crippen LogP contribution in [-0.4, -0.2) is 39.1 Å². The number of urea groups is 1. The van der Waals surface area contributed by atoms with Crippen molar-refractivity contribution in [3.05, 3.63) is 59.7 Å². The fourth-order valence-electron chi connectivity index (χ4n) is 2.56. The van der Waals surface area contributed by atoms with Crippen molar-refractivity contribution in [3.8, 4) is 11.4 Å². The Morgan fingerprint density at radius 3 is 2.60 bits per heavy atom. The second-order valence-corrected chi connectivity index (χ2v) is 6.17. The molecule has 0 spiro atoms. The lowest BCUT2D eigenvalue weighted by molar-refractivity contribution is 0.147. The van der Waals surface area contributed by atoms with E-state index in [2.05, 4.69) is 20.4 Å². The molecule has 4 rings (SSSR count). The molecule has 8 heteroatoms. The largest absolute Gasteiger partial charge is 0.339 e. The zero-order valence-electron chi connectivity index (χ0n) is 13.1. The van der Waals surface area contributed by atoms with Gasteiger partial charge in [-0.25, -0.2) is 4.79 Å². The zero-order valence-corrected chi connectivity index (χ0v) is 13.8. The molecule has 7 nitrogen and oxygen atoms in total. The Morgan fingerprint density at radius 2 is 1.88 bits per heavy atom. The van der Waals surface area contributed by atoms with Gasteiger partial charge in [-0.1, -0.05) is 16.8 Å². The van der Waals surface area contributed by atoms with Crippen LogP contribution in [0.4, 0.5) is 10.5 Å². The van der Waals surface area contributed by atoms with Gasteiger partial charge in [-0.05, 0) is 36.4 Å². The minimum absolute atomic E-state index is 0.0547. The molecule has 0 radical (unpaired) electrons. The topological polar surface area (TPSA) is 84.2 Å². The van der Waals surface area contributed by atoms with E-state index >= 15 is 0 Å². The Hall–Kier alpha value is -2.93. The predicted molar refractivity (Wildman–Crippen MR) is 92.3 cm³/mol. The lowest BCUT2D eigenvalue weighted by atomic mass is 10.0. The third-order valence-electron chi connectivity index (χ3n) is 3.99. The van der Waals surface area contributed by atoms with Gasteiger partial charge in [0.05, 0.1) is 5.92 Å². The minimum atomic E-state index is -0.160. The maximum absolute atomic E-state index is 12.2. The Kier molecular flexibility index (Phi) is 4.07. The van der Waals surface area contributed by atoms with Crippen LogP contribution in [0.3, 0.4) is 0 Å².